The Bertz CT molecular complexity index is 728. The first-order valence-electron chi connectivity index (χ1n) is 7.56. The van der Waals surface area contributed by atoms with Crippen LogP contribution in [0.2, 0.25) is 0 Å². The maximum atomic E-state index is 12.0. The standard InChI is InChI=1S/C18H16N2O2/c21-15-10-8-12-4-2-6-14-18(12)17-11(7-9-16(22)20-14)3-1-5-13(17)19-15/h1-6H,7-10H2,(H,19,21)(H,20,22). The molecule has 0 unspecified atom stereocenters. The fraction of sp³-hybridized carbons (Fsp3) is 0.222. The molecule has 2 aromatic carbocycles. The van der Waals surface area contributed by atoms with Crippen molar-refractivity contribution in [3.63, 3.8) is 0 Å². The van der Waals surface area contributed by atoms with Crippen molar-refractivity contribution >= 4 is 23.2 Å². The Morgan fingerprint density at radius 2 is 1.09 bits per heavy atom. The number of carbonyl (C=O) groups excluding carboxylic acids is 2. The van der Waals surface area contributed by atoms with Crippen molar-refractivity contribution in [3.8, 4) is 11.1 Å². The van der Waals surface area contributed by atoms with Crippen molar-refractivity contribution in [1.82, 2.24) is 0 Å². The zero-order chi connectivity index (χ0) is 15.1. The minimum atomic E-state index is 0.0375. The summed E-state index contributed by atoms with van der Waals surface area (Å²) in [6, 6.07) is 11.9. The Labute approximate surface area is 128 Å². The van der Waals surface area contributed by atoms with Gasteiger partial charge in [0.2, 0.25) is 11.8 Å². The van der Waals surface area contributed by atoms with E-state index >= 15 is 0 Å². The van der Waals surface area contributed by atoms with Crippen LogP contribution in [0, 0.1) is 0 Å². The van der Waals surface area contributed by atoms with Crippen LogP contribution in [0.1, 0.15) is 24.0 Å². The summed E-state index contributed by atoms with van der Waals surface area (Å²) in [5.74, 6) is 0.0751. The summed E-state index contributed by atoms with van der Waals surface area (Å²) in [7, 11) is 0. The molecular formula is C18H16N2O2. The van der Waals surface area contributed by atoms with Crippen molar-refractivity contribution in [1.29, 1.82) is 0 Å². The fourth-order valence-electron chi connectivity index (χ4n) is 3.34. The summed E-state index contributed by atoms with van der Waals surface area (Å²) in [6.45, 7) is 0. The van der Waals surface area contributed by atoms with Gasteiger partial charge in [0.15, 0.2) is 0 Å². The molecule has 2 amide bonds. The molecule has 0 saturated heterocycles. The van der Waals surface area contributed by atoms with Gasteiger partial charge in [0, 0.05) is 35.3 Å². The van der Waals surface area contributed by atoms with Crippen LogP contribution in [0.25, 0.3) is 11.1 Å². The molecule has 0 aliphatic carbocycles. The number of hydrogen-bond donors (Lipinski definition) is 2. The van der Waals surface area contributed by atoms with E-state index in [1.54, 1.807) is 0 Å². The highest BCUT2D eigenvalue weighted by Crippen LogP contribution is 2.42. The number of amides is 2. The predicted molar refractivity (Wildman–Crippen MR) is 85.8 cm³/mol. The molecule has 0 fully saturated rings. The first-order chi connectivity index (χ1) is 10.7. The Morgan fingerprint density at radius 3 is 1.55 bits per heavy atom. The third kappa shape index (κ3) is 2.08. The number of aryl methyl sites for hydroxylation is 2. The zero-order valence-corrected chi connectivity index (χ0v) is 12.1. The van der Waals surface area contributed by atoms with Gasteiger partial charge in [0.25, 0.3) is 0 Å². The van der Waals surface area contributed by atoms with E-state index in [9.17, 15) is 9.59 Å². The first kappa shape index (κ1) is 13.1. The third-order valence-electron chi connectivity index (χ3n) is 4.34. The van der Waals surface area contributed by atoms with Crippen LogP contribution in [-0.2, 0) is 22.4 Å². The van der Waals surface area contributed by atoms with Gasteiger partial charge < -0.3 is 10.6 Å². The number of anilines is 2. The molecule has 2 N–H and O–H groups in total. The molecule has 0 bridgehead atoms. The van der Waals surface area contributed by atoms with Crippen LogP contribution in [0.5, 0.6) is 0 Å². The molecule has 22 heavy (non-hydrogen) atoms. The predicted octanol–water partition coefficient (Wildman–Crippen LogP) is 3.12. The molecule has 2 aliphatic rings. The van der Waals surface area contributed by atoms with Gasteiger partial charge in [-0.1, -0.05) is 24.3 Å². The van der Waals surface area contributed by atoms with Crippen LogP contribution in [0.15, 0.2) is 36.4 Å². The van der Waals surface area contributed by atoms with Gasteiger partial charge in [-0.2, -0.15) is 0 Å². The second-order valence-corrected chi connectivity index (χ2v) is 5.78. The van der Waals surface area contributed by atoms with E-state index in [1.807, 2.05) is 36.4 Å². The second-order valence-electron chi connectivity index (χ2n) is 5.78. The van der Waals surface area contributed by atoms with E-state index < -0.39 is 0 Å². The Morgan fingerprint density at radius 1 is 0.636 bits per heavy atom. The summed E-state index contributed by atoms with van der Waals surface area (Å²) >= 11 is 0. The Hall–Kier alpha value is -2.62. The molecule has 2 heterocycles. The summed E-state index contributed by atoms with van der Waals surface area (Å²) in [6.07, 6.45) is 2.26. The fourth-order valence-corrected chi connectivity index (χ4v) is 3.34. The van der Waals surface area contributed by atoms with Crippen molar-refractivity contribution in [3.05, 3.63) is 47.5 Å². The van der Waals surface area contributed by atoms with Crippen molar-refractivity contribution in [2.45, 2.75) is 25.7 Å². The minimum Gasteiger partial charge on any atom is -0.325 e. The summed E-state index contributed by atoms with van der Waals surface area (Å²) in [5, 5.41) is 6.03. The lowest BCUT2D eigenvalue weighted by atomic mass is 9.86. The molecular weight excluding hydrogens is 276 g/mol. The normalized spacial score (nSPS) is 16.4. The monoisotopic (exact) mass is 292 g/mol. The SMILES string of the molecule is O=C1CCc2cccc3c2-c2c(cccc2N1)CCC(=O)N3. The molecule has 0 saturated carbocycles. The van der Waals surface area contributed by atoms with E-state index in [0.29, 0.717) is 25.7 Å². The van der Waals surface area contributed by atoms with Crippen LogP contribution in [0.3, 0.4) is 0 Å². The summed E-state index contributed by atoms with van der Waals surface area (Å²) in [5.41, 5.74) is 6.02. The van der Waals surface area contributed by atoms with Gasteiger partial charge in [-0.3, -0.25) is 9.59 Å². The highest BCUT2D eigenvalue weighted by molar-refractivity contribution is 6.04. The second kappa shape index (κ2) is 4.98. The van der Waals surface area contributed by atoms with E-state index in [4.69, 9.17) is 0 Å². The van der Waals surface area contributed by atoms with Gasteiger partial charge in [-0.25, -0.2) is 0 Å². The number of benzene rings is 2. The summed E-state index contributed by atoms with van der Waals surface area (Å²) < 4.78 is 0. The Kier molecular flexibility index (Phi) is 2.96. The molecule has 4 rings (SSSR count). The van der Waals surface area contributed by atoms with Crippen molar-refractivity contribution < 1.29 is 9.59 Å². The lowest BCUT2D eigenvalue weighted by molar-refractivity contribution is -0.117. The van der Waals surface area contributed by atoms with Gasteiger partial charge in [-0.05, 0) is 36.1 Å². The molecule has 0 radical (unpaired) electrons. The average molecular weight is 292 g/mol. The van der Waals surface area contributed by atoms with E-state index in [0.717, 1.165) is 33.6 Å². The number of hydrogen-bond acceptors (Lipinski definition) is 2. The largest absolute Gasteiger partial charge is 0.325 e. The first-order valence-corrected chi connectivity index (χ1v) is 7.56. The van der Waals surface area contributed by atoms with Gasteiger partial charge in [0.05, 0.1) is 0 Å². The van der Waals surface area contributed by atoms with Crippen molar-refractivity contribution in [2.75, 3.05) is 10.6 Å². The van der Waals surface area contributed by atoms with E-state index in [-0.39, 0.29) is 11.8 Å². The molecule has 0 aromatic heterocycles. The molecule has 4 heteroatoms. The third-order valence-corrected chi connectivity index (χ3v) is 4.34. The quantitative estimate of drug-likeness (QED) is 0.783. The van der Waals surface area contributed by atoms with Gasteiger partial charge in [0.1, 0.15) is 0 Å². The highest BCUT2D eigenvalue weighted by atomic mass is 16.2. The number of rotatable bonds is 0. The van der Waals surface area contributed by atoms with Crippen LogP contribution < -0.4 is 10.6 Å². The molecule has 0 atom stereocenters. The molecule has 4 nitrogen and oxygen atoms in total. The van der Waals surface area contributed by atoms with Crippen LogP contribution in [0.4, 0.5) is 11.4 Å². The number of carbonyl (C=O) groups is 2. The minimum absolute atomic E-state index is 0.0375. The van der Waals surface area contributed by atoms with Crippen LogP contribution >= 0.6 is 0 Å². The average Bonchev–Trinajstić information content (AvgIpc) is 2.48. The van der Waals surface area contributed by atoms with Gasteiger partial charge in [-0.15, -0.1) is 0 Å². The topological polar surface area (TPSA) is 58.2 Å². The van der Waals surface area contributed by atoms with E-state index in [1.165, 1.54) is 0 Å². The lowest BCUT2D eigenvalue weighted by Crippen LogP contribution is -2.20. The highest BCUT2D eigenvalue weighted by Gasteiger charge is 2.24. The molecule has 0 spiro atoms. The number of nitrogens with one attached hydrogen (secondary N) is 2. The smallest absolute Gasteiger partial charge is 0.224 e. The van der Waals surface area contributed by atoms with Crippen LogP contribution in [-0.4, -0.2) is 11.8 Å². The van der Waals surface area contributed by atoms with Gasteiger partial charge >= 0.3 is 0 Å². The molecule has 2 aromatic rings. The maximum absolute atomic E-state index is 12.0. The lowest BCUT2D eigenvalue weighted by Gasteiger charge is -2.25. The van der Waals surface area contributed by atoms with Crippen molar-refractivity contribution in [2.24, 2.45) is 0 Å². The van der Waals surface area contributed by atoms with E-state index in [2.05, 4.69) is 10.6 Å². The Balaban J connectivity index is 2.06. The molecule has 2 aliphatic heterocycles. The maximum Gasteiger partial charge on any atom is 0.224 e. The zero-order valence-electron chi connectivity index (χ0n) is 12.1. The molecule has 110 valence electrons. The summed E-state index contributed by atoms with van der Waals surface area (Å²) in [4.78, 5) is 24.1.